The van der Waals surface area contributed by atoms with Crippen molar-refractivity contribution >= 4 is 0 Å². The lowest BCUT2D eigenvalue weighted by molar-refractivity contribution is -0.135. The van der Waals surface area contributed by atoms with E-state index in [1.54, 1.807) is 0 Å². The molecule has 80 valence electrons. The quantitative estimate of drug-likeness (QED) is 0.629. The van der Waals surface area contributed by atoms with Crippen LogP contribution in [-0.2, 0) is 0 Å². The molecule has 6 atom stereocenters. The van der Waals surface area contributed by atoms with Crippen LogP contribution in [0, 0.1) is 29.1 Å². The molecule has 0 amide bonds. The van der Waals surface area contributed by atoms with Crippen LogP contribution in [0.5, 0.6) is 0 Å². The predicted molar refractivity (Wildman–Crippen MR) is 58.8 cm³/mol. The van der Waals surface area contributed by atoms with Gasteiger partial charge < -0.3 is 5.73 Å². The summed E-state index contributed by atoms with van der Waals surface area (Å²) in [5.74, 6) is 3.71. The van der Waals surface area contributed by atoms with Crippen molar-refractivity contribution in [2.75, 3.05) is 0 Å². The monoisotopic (exact) mass is 193 g/mol. The van der Waals surface area contributed by atoms with Crippen LogP contribution >= 0.6 is 0 Å². The molecule has 2 N–H and O–H groups in total. The maximum absolute atomic E-state index is 6.53. The third kappa shape index (κ3) is 0.946. The molecule has 0 radical (unpaired) electrons. The first-order valence-corrected chi connectivity index (χ1v) is 6.22. The van der Waals surface area contributed by atoms with E-state index in [-0.39, 0.29) is 5.54 Å². The van der Waals surface area contributed by atoms with Gasteiger partial charge in [0.25, 0.3) is 0 Å². The zero-order valence-corrected chi connectivity index (χ0v) is 9.72. The molecule has 0 heterocycles. The van der Waals surface area contributed by atoms with Crippen molar-refractivity contribution in [3.8, 4) is 0 Å². The van der Waals surface area contributed by atoms with E-state index < -0.39 is 0 Å². The molecule has 6 unspecified atom stereocenters. The molecule has 4 aliphatic carbocycles. The molecule has 4 bridgehead atoms. The molecular formula is C13H23N. The van der Waals surface area contributed by atoms with Gasteiger partial charge in [0.1, 0.15) is 0 Å². The zero-order chi connectivity index (χ0) is 10.1. The summed E-state index contributed by atoms with van der Waals surface area (Å²) in [6.07, 6.45) is 5.36. The summed E-state index contributed by atoms with van der Waals surface area (Å²) in [5, 5.41) is 0. The molecule has 4 rings (SSSR count). The molecule has 1 heteroatoms. The van der Waals surface area contributed by atoms with Gasteiger partial charge in [0, 0.05) is 5.54 Å². The number of hydrogen-bond donors (Lipinski definition) is 1. The largest absolute Gasteiger partial charge is 0.325 e. The molecule has 4 saturated carbocycles. The molecule has 0 aromatic rings. The Morgan fingerprint density at radius 2 is 1.86 bits per heavy atom. The second-order valence-electron chi connectivity index (χ2n) is 6.88. The van der Waals surface area contributed by atoms with Crippen LogP contribution in [0.4, 0.5) is 0 Å². The van der Waals surface area contributed by atoms with Crippen molar-refractivity contribution in [1.82, 2.24) is 0 Å². The van der Waals surface area contributed by atoms with Crippen LogP contribution in [0.25, 0.3) is 0 Å². The van der Waals surface area contributed by atoms with Gasteiger partial charge in [0.15, 0.2) is 0 Å². The summed E-state index contributed by atoms with van der Waals surface area (Å²) in [5.41, 5.74) is 7.33. The van der Waals surface area contributed by atoms with Crippen molar-refractivity contribution in [3.05, 3.63) is 0 Å². The van der Waals surface area contributed by atoms with Gasteiger partial charge in [-0.25, -0.2) is 0 Å². The number of hydrogen-bond acceptors (Lipinski definition) is 1. The highest BCUT2D eigenvalue weighted by atomic mass is 14.8. The Kier molecular flexibility index (Phi) is 1.56. The van der Waals surface area contributed by atoms with Gasteiger partial charge in [-0.1, -0.05) is 20.8 Å². The van der Waals surface area contributed by atoms with E-state index in [9.17, 15) is 0 Å². The minimum Gasteiger partial charge on any atom is -0.325 e. The van der Waals surface area contributed by atoms with E-state index in [0.29, 0.717) is 5.41 Å². The second-order valence-corrected chi connectivity index (χ2v) is 6.88. The average molecular weight is 193 g/mol. The van der Waals surface area contributed by atoms with Gasteiger partial charge in [-0.05, 0) is 54.8 Å². The fraction of sp³-hybridized carbons (Fsp3) is 1.00. The fourth-order valence-corrected chi connectivity index (χ4v) is 5.17. The highest BCUT2D eigenvalue weighted by molar-refractivity contribution is 5.13. The van der Waals surface area contributed by atoms with Gasteiger partial charge >= 0.3 is 0 Å². The maximum atomic E-state index is 6.53. The number of nitrogens with two attached hydrogens (primary N) is 1. The van der Waals surface area contributed by atoms with E-state index >= 15 is 0 Å². The van der Waals surface area contributed by atoms with Crippen LogP contribution in [0.1, 0.15) is 46.5 Å². The minimum absolute atomic E-state index is 0.224. The topological polar surface area (TPSA) is 26.0 Å². The second kappa shape index (κ2) is 2.37. The Labute approximate surface area is 87.4 Å². The van der Waals surface area contributed by atoms with Gasteiger partial charge in [-0.2, -0.15) is 0 Å². The Balaban J connectivity index is 2.03. The highest BCUT2D eigenvalue weighted by Crippen LogP contribution is 2.65. The fourth-order valence-electron chi connectivity index (χ4n) is 5.17. The molecule has 4 aliphatic rings. The lowest BCUT2D eigenvalue weighted by Gasteiger charge is -2.65. The van der Waals surface area contributed by atoms with Crippen molar-refractivity contribution in [2.24, 2.45) is 34.8 Å². The van der Waals surface area contributed by atoms with Crippen molar-refractivity contribution in [1.29, 1.82) is 0 Å². The van der Waals surface area contributed by atoms with Crippen molar-refractivity contribution < 1.29 is 0 Å². The summed E-state index contributed by atoms with van der Waals surface area (Å²) in [6, 6.07) is 0. The van der Waals surface area contributed by atoms with Crippen LogP contribution in [0.3, 0.4) is 0 Å². The lowest BCUT2D eigenvalue weighted by atomic mass is 9.41. The zero-order valence-electron chi connectivity index (χ0n) is 9.72. The van der Waals surface area contributed by atoms with Gasteiger partial charge in [0.2, 0.25) is 0 Å². The number of rotatable bonds is 0. The Hall–Kier alpha value is -0.0400. The molecule has 0 aromatic carbocycles. The molecule has 0 aliphatic heterocycles. The van der Waals surface area contributed by atoms with Gasteiger partial charge in [-0.15, -0.1) is 0 Å². The summed E-state index contributed by atoms with van der Waals surface area (Å²) < 4.78 is 0. The third-order valence-electron chi connectivity index (χ3n) is 5.96. The minimum atomic E-state index is 0.224. The van der Waals surface area contributed by atoms with Crippen LogP contribution in [-0.4, -0.2) is 5.54 Å². The standard InChI is InChI=1S/C13H23N/c1-8-10-4-12(3)7-13(14,5-10)6-11(8)9(12)2/h8-11H,4-7,14H2,1-3H3. The van der Waals surface area contributed by atoms with E-state index in [4.69, 9.17) is 5.73 Å². The maximum Gasteiger partial charge on any atom is 0.0165 e. The SMILES string of the molecule is CC1C2CC3(N)CC1C(C)C(C)(C2)C3. The summed E-state index contributed by atoms with van der Waals surface area (Å²) in [4.78, 5) is 0. The van der Waals surface area contributed by atoms with Gasteiger partial charge in [-0.3, -0.25) is 0 Å². The van der Waals surface area contributed by atoms with Crippen LogP contribution in [0.15, 0.2) is 0 Å². The molecule has 14 heavy (non-hydrogen) atoms. The first-order chi connectivity index (χ1) is 6.44. The summed E-state index contributed by atoms with van der Waals surface area (Å²) in [7, 11) is 0. The average Bonchev–Trinajstić information content (AvgIpc) is 2.07. The highest BCUT2D eigenvalue weighted by Gasteiger charge is 2.60. The molecular weight excluding hydrogens is 170 g/mol. The van der Waals surface area contributed by atoms with E-state index in [1.807, 2.05) is 0 Å². The molecule has 0 spiro atoms. The smallest absolute Gasteiger partial charge is 0.0165 e. The molecule has 1 nitrogen and oxygen atoms in total. The summed E-state index contributed by atoms with van der Waals surface area (Å²) in [6.45, 7) is 7.43. The van der Waals surface area contributed by atoms with E-state index in [0.717, 1.165) is 23.7 Å². The van der Waals surface area contributed by atoms with Gasteiger partial charge in [0.05, 0.1) is 0 Å². The predicted octanol–water partition coefficient (Wildman–Crippen LogP) is 2.80. The Bertz CT molecular complexity index is 274. The van der Waals surface area contributed by atoms with Crippen LogP contribution < -0.4 is 5.73 Å². The van der Waals surface area contributed by atoms with E-state index in [1.165, 1.54) is 25.7 Å². The first kappa shape index (κ1) is 9.21. The Morgan fingerprint density at radius 3 is 2.57 bits per heavy atom. The molecule has 0 saturated heterocycles. The van der Waals surface area contributed by atoms with E-state index in [2.05, 4.69) is 20.8 Å². The molecule has 4 fully saturated rings. The first-order valence-electron chi connectivity index (χ1n) is 6.22. The van der Waals surface area contributed by atoms with Crippen molar-refractivity contribution in [2.45, 2.75) is 52.0 Å². The lowest BCUT2D eigenvalue weighted by Crippen LogP contribution is -2.64. The van der Waals surface area contributed by atoms with Crippen LogP contribution in [0.2, 0.25) is 0 Å². The molecule has 0 aromatic heterocycles. The normalized spacial score (nSPS) is 66.0. The third-order valence-corrected chi connectivity index (χ3v) is 5.96. The summed E-state index contributed by atoms with van der Waals surface area (Å²) >= 11 is 0. The Morgan fingerprint density at radius 1 is 1.14 bits per heavy atom. The van der Waals surface area contributed by atoms with Crippen molar-refractivity contribution in [3.63, 3.8) is 0 Å².